The lowest BCUT2D eigenvalue weighted by Gasteiger charge is -2.11. The highest BCUT2D eigenvalue weighted by Gasteiger charge is 2.24. The van der Waals surface area contributed by atoms with Crippen LogP contribution in [0.25, 0.3) is 0 Å². The van der Waals surface area contributed by atoms with Crippen molar-refractivity contribution in [2.45, 2.75) is 19.4 Å². The zero-order chi connectivity index (χ0) is 13.1. The van der Waals surface area contributed by atoms with Crippen molar-refractivity contribution in [1.82, 2.24) is 0 Å². The van der Waals surface area contributed by atoms with E-state index in [4.69, 9.17) is 14.6 Å². The molecule has 0 heterocycles. The number of nitro groups is 1. The molecule has 18 heavy (non-hydrogen) atoms. The second kappa shape index (κ2) is 5.22. The normalized spacial score (nSPS) is 14.3. The van der Waals surface area contributed by atoms with Crippen LogP contribution in [0.1, 0.15) is 18.4 Å². The molecule has 0 aromatic heterocycles. The number of methoxy groups -OCH3 is 1. The monoisotopic (exact) mass is 253 g/mol. The molecule has 1 saturated carbocycles. The summed E-state index contributed by atoms with van der Waals surface area (Å²) in [4.78, 5) is 10.3. The molecule has 0 radical (unpaired) electrons. The Morgan fingerprint density at radius 3 is 2.67 bits per heavy atom. The minimum absolute atomic E-state index is 0.149. The van der Waals surface area contributed by atoms with Crippen molar-refractivity contribution in [2.24, 2.45) is 5.92 Å². The molecule has 6 heteroatoms. The molecule has 0 atom stereocenters. The Hall–Kier alpha value is -1.82. The quantitative estimate of drug-likeness (QED) is 0.618. The molecule has 0 unspecified atom stereocenters. The van der Waals surface area contributed by atoms with Crippen molar-refractivity contribution >= 4 is 5.69 Å². The third kappa shape index (κ3) is 2.70. The van der Waals surface area contributed by atoms with Crippen molar-refractivity contribution < 1.29 is 19.5 Å². The van der Waals surface area contributed by atoms with Crippen LogP contribution in [0.3, 0.4) is 0 Å². The number of aliphatic hydroxyl groups excluding tert-OH is 1. The molecule has 6 nitrogen and oxygen atoms in total. The fraction of sp³-hybridized carbons (Fsp3) is 0.500. The van der Waals surface area contributed by atoms with E-state index in [0.29, 0.717) is 24.0 Å². The summed E-state index contributed by atoms with van der Waals surface area (Å²) >= 11 is 0. The molecule has 0 spiro atoms. The minimum Gasteiger partial charge on any atom is -0.493 e. The molecule has 1 fully saturated rings. The smallest absolute Gasteiger partial charge is 0.278 e. The molecule has 0 bridgehead atoms. The van der Waals surface area contributed by atoms with Crippen molar-refractivity contribution in [1.29, 1.82) is 0 Å². The Balaban J connectivity index is 2.29. The third-order valence-electron chi connectivity index (χ3n) is 2.90. The van der Waals surface area contributed by atoms with Gasteiger partial charge in [0.05, 0.1) is 36.9 Å². The lowest BCUT2D eigenvalue weighted by molar-refractivity contribution is -0.385. The molecule has 1 aromatic carbocycles. The number of rotatable bonds is 6. The van der Waals surface area contributed by atoms with Crippen molar-refractivity contribution in [3.63, 3.8) is 0 Å². The van der Waals surface area contributed by atoms with Gasteiger partial charge in [0.15, 0.2) is 11.5 Å². The van der Waals surface area contributed by atoms with Gasteiger partial charge in [-0.1, -0.05) is 0 Å². The maximum atomic E-state index is 10.9. The number of aliphatic hydroxyl groups is 1. The van der Waals surface area contributed by atoms with Crippen LogP contribution in [-0.2, 0) is 6.61 Å². The summed E-state index contributed by atoms with van der Waals surface area (Å²) in [5, 5.41) is 20.0. The summed E-state index contributed by atoms with van der Waals surface area (Å²) in [6, 6.07) is 2.76. The number of nitro benzene ring substituents is 1. The van der Waals surface area contributed by atoms with E-state index in [-0.39, 0.29) is 11.3 Å². The minimum atomic E-state index is -0.533. The van der Waals surface area contributed by atoms with Gasteiger partial charge < -0.3 is 14.6 Å². The van der Waals surface area contributed by atoms with Crippen LogP contribution in [0.15, 0.2) is 12.1 Å². The van der Waals surface area contributed by atoms with E-state index in [9.17, 15) is 10.1 Å². The van der Waals surface area contributed by atoms with Gasteiger partial charge in [-0.2, -0.15) is 0 Å². The first kappa shape index (κ1) is 12.6. The Morgan fingerprint density at radius 1 is 1.44 bits per heavy atom. The van der Waals surface area contributed by atoms with Gasteiger partial charge in [0.25, 0.3) is 5.69 Å². The van der Waals surface area contributed by atoms with Crippen LogP contribution >= 0.6 is 0 Å². The maximum absolute atomic E-state index is 10.9. The SMILES string of the molecule is COc1cc(CO)c([N+](=O)[O-])cc1OCC1CC1. The number of hydrogen-bond acceptors (Lipinski definition) is 5. The molecule has 1 aliphatic rings. The van der Waals surface area contributed by atoms with Crippen LogP contribution in [0.4, 0.5) is 5.69 Å². The summed E-state index contributed by atoms with van der Waals surface area (Å²) in [7, 11) is 1.46. The van der Waals surface area contributed by atoms with Gasteiger partial charge in [-0.15, -0.1) is 0 Å². The van der Waals surface area contributed by atoms with E-state index < -0.39 is 11.5 Å². The zero-order valence-electron chi connectivity index (χ0n) is 10.1. The van der Waals surface area contributed by atoms with Crippen LogP contribution in [0.2, 0.25) is 0 Å². The summed E-state index contributed by atoms with van der Waals surface area (Å²) in [6.07, 6.45) is 2.28. The summed E-state index contributed by atoms with van der Waals surface area (Å²) in [6.45, 7) is 0.140. The first-order chi connectivity index (χ1) is 8.65. The molecule has 1 aliphatic carbocycles. The molecule has 1 N–H and O–H groups in total. The highest BCUT2D eigenvalue weighted by atomic mass is 16.6. The van der Waals surface area contributed by atoms with E-state index in [1.54, 1.807) is 0 Å². The van der Waals surface area contributed by atoms with Crippen molar-refractivity contribution in [3.05, 3.63) is 27.8 Å². The molecule has 0 amide bonds. The van der Waals surface area contributed by atoms with E-state index in [0.717, 1.165) is 12.8 Å². The molecule has 2 rings (SSSR count). The predicted molar refractivity (Wildman–Crippen MR) is 63.8 cm³/mol. The van der Waals surface area contributed by atoms with Crippen LogP contribution in [0, 0.1) is 16.0 Å². The van der Waals surface area contributed by atoms with E-state index in [2.05, 4.69) is 0 Å². The average Bonchev–Trinajstić information content (AvgIpc) is 3.19. The molecule has 98 valence electrons. The van der Waals surface area contributed by atoms with Gasteiger partial charge in [0.1, 0.15) is 0 Å². The largest absolute Gasteiger partial charge is 0.493 e. The Kier molecular flexibility index (Phi) is 3.66. The Morgan fingerprint density at radius 2 is 2.17 bits per heavy atom. The van der Waals surface area contributed by atoms with E-state index in [1.165, 1.54) is 19.2 Å². The van der Waals surface area contributed by atoms with Crippen LogP contribution in [0.5, 0.6) is 11.5 Å². The summed E-state index contributed by atoms with van der Waals surface area (Å²) < 4.78 is 10.6. The number of hydrogen-bond donors (Lipinski definition) is 1. The van der Waals surface area contributed by atoms with Gasteiger partial charge in [-0.05, 0) is 24.8 Å². The van der Waals surface area contributed by atoms with E-state index in [1.807, 2.05) is 0 Å². The molecule has 0 saturated heterocycles. The molecule has 1 aromatic rings. The Labute approximate surface area is 104 Å². The summed E-state index contributed by atoms with van der Waals surface area (Å²) in [5.41, 5.74) is 0.0692. The second-order valence-corrected chi connectivity index (χ2v) is 4.30. The molecular formula is C12H15NO5. The van der Waals surface area contributed by atoms with Gasteiger partial charge in [-0.3, -0.25) is 10.1 Å². The fourth-order valence-electron chi connectivity index (χ4n) is 1.65. The van der Waals surface area contributed by atoms with Crippen LogP contribution < -0.4 is 9.47 Å². The predicted octanol–water partition coefficient (Wildman–Crippen LogP) is 1.88. The van der Waals surface area contributed by atoms with Gasteiger partial charge in [0, 0.05) is 0 Å². The fourth-order valence-corrected chi connectivity index (χ4v) is 1.65. The first-order valence-corrected chi connectivity index (χ1v) is 5.74. The van der Waals surface area contributed by atoms with Crippen molar-refractivity contribution in [3.8, 4) is 11.5 Å². The lowest BCUT2D eigenvalue weighted by atomic mass is 10.1. The highest BCUT2D eigenvalue weighted by molar-refractivity contribution is 5.54. The number of ether oxygens (including phenoxy) is 2. The number of benzene rings is 1. The summed E-state index contributed by atoms with van der Waals surface area (Å²) in [5.74, 6) is 1.31. The average molecular weight is 253 g/mol. The third-order valence-corrected chi connectivity index (χ3v) is 2.90. The molecular weight excluding hydrogens is 238 g/mol. The van der Waals surface area contributed by atoms with Crippen LogP contribution in [-0.4, -0.2) is 23.7 Å². The zero-order valence-corrected chi connectivity index (χ0v) is 10.1. The van der Waals surface area contributed by atoms with Gasteiger partial charge in [0.2, 0.25) is 0 Å². The second-order valence-electron chi connectivity index (χ2n) is 4.30. The lowest BCUT2D eigenvalue weighted by Crippen LogP contribution is -2.03. The maximum Gasteiger partial charge on any atom is 0.278 e. The topological polar surface area (TPSA) is 81.8 Å². The standard InChI is InChI=1S/C12H15NO5/c1-17-11-4-9(6-14)10(13(15)16)5-12(11)18-7-8-2-3-8/h4-5,8,14H,2-3,6-7H2,1H3. The Bertz CT molecular complexity index is 456. The van der Waals surface area contributed by atoms with Crippen molar-refractivity contribution in [2.75, 3.05) is 13.7 Å². The first-order valence-electron chi connectivity index (χ1n) is 5.74. The highest BCUT2D eigenvalue weighted by Crippen LogP contribution is 2.37. The van der Waals surface area contributed by atoms with Gasteiger partial charge in [-0.25, -0.2) is 0 Å². The molecule has 0 aliphatic heterocycles. The number of nitrogens with zero attached hydrogens (tertiary/aromatic N) is 1. The van der Waals surface area contributed by atoms with E-state index >= 15 is 0 Å². The van der Waals surface area contributed by atoms with Gasteiger partial charge >= 0.3 is 0 Å².